The van der Waals surface area contributed by atoms with E-state index in [2.05, 4.69) is 15.4 Å². The summed E-state index contributed by atoms with van der Waals surface area (Å²) in [4.78, 5) is 16.3. The Morgan fingerprint density at radius 2 is 2.03 bits per heavy atom. The van der Waals surface area contributed by atoms with Crippen LogP contribution in [0.4, 0.5) is 17.6 Å². The van der Waals surface area contributed by atoms with Crippen molar-refractivity contribution in [3.63, 3.8) is 0 Å². The molecule has 1 atom stereocenters. The van der Waals surface area contributed by atoms with E-state index in [1.807, 2.05) is 6.92 Å². The first-order chi connectivity index (χ1) is 14.2. The van der Waals surface area contributed by atoms with E-state index >= 15 is 0 Å². The zero-order valence-corrected chi connectivity index (χ0v) is 16.0. The summed E-state index contributed by atoms with van der Waals surface area (Å²) >= 11 is 0. The molecule has 3 aromatic rings. The Kier molecular flexibility index (Phi) is 5.05. The summed E-state index contributed by atoms with van der Waals surface area (Å²) < 4.78 is 54.6. The minimum Gasteiger partial charge on any atom is -0.344 e. The van der Waals surface area contributed by atoms with Crippen molar-refractivity contribution < 1.29 is 22.4 Å². The average molecular weight is 418 g/mol. The number of benzene rings is 1. The lowest BCUT2D eigenvalue weighted by Gasteiger charge is -2.24. The van der Waals surface area contributed by atoms with Crippen LogP contribution in [0.1, 0.15) is 51.8 Å². The molecule has 0 fully saturated rings. The van der Waals surface area contributed by atoms with Crippen LogP contribution in [0.3, 0.4) is 0 Å². The summed E-state index contributed by atoms with van der Waals surface area (Å²) in [7, 11) is 0. The molecule has 0 saturated heterocycles. The second-order valence-corrected chi connectivity index (χ2v) is 7.26. The number of rotatable bonds is 3. The van der Waals surface area contributed by atoms with Crippen molar-refractivity contribution in [3.05, 3.63) is 76.6 Å². The van der Waals surface area contributed by atoms with Crippen molar-refractivity contribution >= 4 is 5.91 Å². The summed E-state index contributed by atoms with van der Waals surface area (Å²) in [6, 6.07) is 5.83. The Balaban J connectivity index is 1.61. The van der Waals surface area contributed by atoms with Gasteiger partial charge in [0.2, 0.25) is 0 Å². The predicted molar refractivity (Wildman–Crippen MR) is 101 cm³/mol. The van der Waals surface area contributed by atoms with E-state index < -0.39 is 29.5 Å². The minimum atomic E-state index is -4.56. The van der Waals surface area contributed by atoms with Crippen LogP contribution < -0.4 is 5.32 Å². The number of carbonyl (C=O) groups excluding carboxylic acids is 1. The van der Waals surface area contributed by atoms with E-state index in [0.29, 0.717) is 24.9 Å². The number of amides is 1. The van der Waals surface area contributed by atoms with Crippen molar-refractivity contribution in [2.24, 2.45) is 0 Å². The van der Waals surface area contributed by atoms with Crippen LogP contribution in [0.25, 0.3) is 5.69 Å². The van der Waals surface area contributed by atoms with Gasteiger partial charge in [-0.1, -0.05) is 6.07 Å². The number of nitrogens with one attached hydrogen (secondary N) is 1. The van der Waals surface area contributed by atoms with Gasteiger partial charge in [0.25, 0.3) is 5.91 Å². The molecule has 1 unspecified atom stereocenters. The lowest BCUT2D eigenvalue weighted by molar-refractivity contribution is -0.137. The third kappa shape index (κ3) is 3.79. The Morgan fingerprint density at radius 1 is 1.23 bits per heavy atom. The maximum Gasteiger partial charge on any atom is 0.416 e. The van der Waals surface area contributed by atoms with E-state index in [4.69, 9.17) is 0 Å². The number of alkyl halides is 3. The fourth-order valence-electron chi connectivity index (χ4n) is 3.66. The monoisotopic (exact) mass is 418 g/mol. The number of aryl methyl sites for hydroxylation is 1. The number of hydrogen-bond acceptors (Lipinski definition) is 3. The van der Waals surface area contributed by atoms with Gasteiger partial charge in [-0.15, -0.1) is 0 Å². The molecule has 5 nitrogen and oxygen atoms in total. The van der Waals surface area contributed by atoms with Crippen LogP contribution in [0, 0.1) is 12.7 Å². The van der Waals surface area contributed by atoms with Gasteiger partial charge in [0.05, 0.1) is 17.8 Å². The Morgan fingerprint density at radius 3 is 2.80 bits per heavy atom. The second-order valence-electron chi connectivity index (χ2n) is 7.26. The number of fused-ring (bicyclic) bond motifs is 1. The molecule has 2 aromatic heterocycles. The lowest BCUT2D eigenvalue weighted by Crippen LogP contribution is -2.31. The molecule has 1 N–H and O–H groups in total. The topological polar surface area (TPSA) is 59.8 Å². The highest BCUT2D eigenvalue weighted by molar-refractivity contribution is 5.92. The van der Waals surface area contributed by atoms with Gasteiger partial charge in [-0.25, -0.2) is 9.07 Å². The van der Waals surface area contributed by atoms with Crippen molar-refractivity contribution in [2.75, 3.05) is 0 Å². The van der Waals surface area contributed by atoms with E-state index in [0.717, 1.165) is 35.2 Å². The fourth-order valence-corrected chi connectivity index (χ4v) is 3.66. The number of halogens is 4. The molecule has 0 bridgehead atoms. The fraction of sp³-hybridized carbons (Fsp3) is 0.286. The summed E-state index contributed by atoms with van der Waals surface area (Å²) in [5, 5.41) is 7.05. The van der Waals surface area contributed by atoms with Gasteiger partial charge in [0.1, 0.15) is 17.2 Å². The second kappa shape index (κ2) is 7.55. The lowest BCUT2D eigenvalue weighted by atomic mass is 9.92. The zero-order valence-electron chi connectivity index (χ0n) is 16.0. The highest BCUT2D eigenvalue weighted by Crippen LogP contribution is 2.32. The molecule has 156 valence electrons. The van der Waals surface area contributed by atoms with Gasteiger partial charge in [-0.3, -0.25) is 9.78 Å². The molecule has 1 amide bonds. The first kappa shape index (κ1) is 20.1. The Bertz CT molecular complexity index is 1110. The number of carbonyl (C=O) groups is 1. The zero-order chi connectivity index (χ0) is 21.5. The maximum absolute atomic E-state index is 14.3. The summed E-state index contributed by atoms with van der Waals surface area (Å²) in [6.07, 6.45) is -0.0674. The Hall–Kier alpha value is -3.23. The average Bonchev–Trinajstić information content (AvgIpc) is 3.14. The number of hydrogen-bond donors (Lipinski definition) is 1. The van der Waals surface area contributed by atoms with E-state index in [9.17, 15) is 22.4 Å². The Labute approximate surface area is 169 Å². The molecule has 0 saturated carbocycles. The molecule has 4 rings (SSSR count). The van der Waals surface area contributed by atoms with Crippen LogP contribution in [-0.2, 0) is 12.6 Å². The van der Waals surface area contributed by atoms with Gasteiger partial charge < -0.3 is 5.32 Å². The van der Waals surface area contributed by atoms with Crippen LogP contribution in [-0.4, -0.2) is 20.7 Å². The predicted octanol–water partition coefficient (Wildman–Crippen LogP) is 4.54. The van der Waals surface area contributed by atoms with E-state index in [1.165, 1.54) is 10.7 Å². The molecule has 0 spiro atoms. The van der Waals surface area contributed by atoms with E-state index in [-0.39, 0.29) is 5.69 Å². The van der Waals surface area contributed by atoms with Crippen molar-refractivity contribution in [1.82, 2.24) is 20.1 Å². The SMILES string of the molecule is Cc1ccc(F)c(-n2ncc3c2CCCC3NC(=O)c2cc(C(F)(F)F)ccn2)c1. The minimum absolute atomic E-state index is 0.311. The molecular weight excluding hydrogens is 400 g/mol. The van der Waals surface area contributed by atoms with Crippen LogP contribution >= 0.6 is 0 Å². The summed E-state index contributed by atoms with van der Waals surface area (Å²) in [5.41, 5.74) is 1.45. The standard InChI is InChI=1S/C21H18F4N4O/c1-12-5-6-15(22)19(9-12)29-18-4-2-3-16(14(18)11-27-29)28-20(30)17-10-13(7-8-26-17)21(23,24)25/h5-11,16H,2-4H2,1H3,(H,28,30). The van der Waals surface area contributed by atoms with Gasteiger partial charge in [-0.2, -0.15) is 18.3 Å². The number of pyridine rings is 1. The summed E-state index contributed by atoms with van der Waals surface area (Å²) in [5.74, 6) is -1.11. The molecule has 1 aromatic carbocycles. The van der Waals surface area contributed by atoms with Crippen molar-refractivity contribution in [2.45, 2.75) is 38.4 Å². The molecular formula is C21H18F4N4O. The smallest absolute Gasteiger partial charge is 0.344 e. The van der Waals surface area contributed by atoms with Gasteiger partial charge >= 0.3 is 6.18 Å². The third-order valence-corrected chi connectivity index (χ3v) is 5.14. The highest BCUT2D eigenvalue weighted by Gasteiger charge is 2.32. The maximum atomic E-state index is 14.3. The van der Waals surface area contributed by atoms with Gasteiger partial charge in [0, 0.05) is 17.5 Å². The molecule has 1 aliphatic rings. The first-order valence-corrected chi connectivity index (χ1v) is 9.41. The number of nitrogens with zero attached hydrogens (tertiary/aromatic N) is 3. The number of aromatic nitrogens is 3. The van der Waals surface area contributed by atoms with Crippen LogP contribution in [0.15, 0.2) is 42.7 Å². The molecule has 0 aliphatic heterocycles. The van der Waals surface area contributed by atoms with Gasteiger partial charge in [-0.05, 0) is 56.0 Å². The molecule has 0 radical (unpaired) electrons. The van der Waals surface area contributed by atoms with Crippen LogP contribution in [0.2, 0.25) is 0 Å². The highest BCUT2D eigenvalue weighted by atomic mass is 19.4. The molecule has 9 heteroatoms. The van der Waals surface area contributed by atoms with Gasteiger partial charge in [0.15, 0.2) is 0 Å². The quantitative estimate of drug-likeness (QED) is 0.636. The largest absolute Gasteiger partial charge is 0.416 e. The normalized spacial score (nSPS) is 16.2. The third-order valence-electron chi connectivity index (χ3n) is 5.14. The summed E-state index contributed by atoms with van der Waals surface area (Å²) in [6.45, 7) is 1.85. The van der Waals surface area contributed by atoms with E-state index in [1.54, 1.807) is 18.3 Å². The molecule has 2 heterocycles. The molecule has 1 aliphatic carbocycles. The molecule has 30 heavy (non-hydrogen) atoms. The van der Waals surface area contributed by atoms with Crippen molar-refractivity contribution in [3.8, 4) is 5.69 Å². The van der Waals surface area contributed by atoms with Crippen LogP contribution in [0.5, 0.6) is 0 Å². The first-order valence-electron chi connectivity index (χ1n) is 9.41. The van der Waals surface area contributed by atoms with Crippen molar-refractivity contribution in [1.29, 1.82) is 0 Å².